The second kappa shape index (κ2) is 10.7. The lowest BCUT2D eigenvalue weighted by Crippen LogP contribution is -2.43. The molecule has 2 aliphatic heterocycles. The number of nitrogens with zero attached hydrogens (tertiary/aromatic N) is 2. The molecule has 31 heavy (non-hydrogen) atoms. The molecule has 0 bridgehead atoms. The minimum Gasteiger partial charge on any atom is -0.481 e. The van der Waals surface area contributed by atoms with Gasteiger partial charge in [-0.15, -0.1) is 0 Å². The number of amides is 2. The van der Waals surface area contributed by atoms with Gasteiger partial charge in [0, 0.05) is 19.1 Å². The van der Waals surface area contributed by atoms with Crippen LogP contribution in [-0.4, -0.2) is 80.5 Å². The highest BCUT2D eigenvalue weighted by Crippen LogP contribution is 2.23. The highest BCUT2D eigenvalue weighted by Gasteiger charge is 2.36. The van der Waals surface area contributed by atoms with Gasteiger partial charge in [0.2, 0.25) is 0 Å². The van der Waals surface area contributed by atoms with E-state index in [2.05, 4.69) is 0 Å². The van der Waals surface area contributed by atoms with Crippen LogP contribution in [0.5, 0.6) is 0 Å². The molecule has 178 valence electrons. The van der Waals surface area contributed by atoms with Gasteiger partial charge in [-0.25, -0.2) is 14.4 Å². The molecule has 2 N–H and O–H groups in total. The highest BCUT2D eigenvalue weighted by atomic mass is 16.6. The number of hydrogen-bond donors (Lipinski definition) is 2. The smallest absolute Gasteiger partial charge is 0.411 e. The van der Waals surface area contributed by atoms with Gasteiger partial charge in [-0.1, -0.05) is 0 Å². The number of ether oxygens (including phenoxy) is 2. The Kier molecular flexibility index (Phi) is 9.13. The average molecular weight is 445 g/mol. The maximum atomic E-state index is 11.8. The maximum Gasteiger partial charge on any atom is 0.411 e. The number of carbonyl (C=O) groups is 4. The molecular formula is C21H36N2O8. The second-order valence-electron chi connectivity index (χ2n) is 9.74. The summed E-state index contributed by atoms with van der Waals surface area (Å²) < 4.78 is 10.4. The van der Waals surface area contributed by atoms with Crippen molar-refractivity contribution >= 4 is 24.1 Å². The van der Waals surface area contributed by atoms with E-state index in [9.17, 15) is 19.2 Å². The molecule has 2 rings (SSSR count). The molecule has 0 aliphatic carbocycles. The van der Waals surface area contributed by atoms with E-state index in [4.69, 9.17) is 19.7 Å². The number of carboxylic acids is 2. The van der Waals surface area contributed by atoms with Crippen LogP contribution in [0.4, 0.5) is 9.59 Å². The molecule has 0 aromatic carbocycles. The minimum atomic E-state index is -0.960. The molecule has 0 unspecified atom stereocenters. The zero-order valence-electron chi connectivity index (χ0n) is 19.3. The molecule has 10 heteroatoms. The van der Waals surface area contributed by atoms with Crippen LogP contribution >= 0.6 is 0 Å². The number of carbonyl (C=O) groups excluding carboxylic acids is 2. The molecule has 2 aliphatic rings. The van der Waals surface area contributed by atoms with Crippen molar-refractivity contribution in [2.24, 2.45) is 0 Å². The molecular weight excluding hydrogens is 408 g/mol. The molecule has 10 nitrogen and oxygen atoms in total. The Hall–Kier alpha value is -2.52. The molecule has 2 amide bonds. The third-order valence-corrected chi connectivity index (χ3v) is 4.58. The Bertz CT molecular complexity index is 665. The van der Waals surface area contributed by atoms with Crippen molar-refractivity contribution in [3.63, 3.8) is 0 Å². The summed E-state index contributed by atoms with van der Waals surface area (Å²) in [5.74, 6) is -1.83. The predicted octanol–water partition coefficient (Wildman–Crippen LogP) is 3.33. The molecule has 2 saturated heterocycles. The van der Waals surface area contributed by atoms with Crippen molar-refractivity contribution < 1.29 is 38.9 Å². The molecule has 2 heterocycles. The lowest BCUT2D eigenvalue weighted by atomic mass is 10.1. The lowest BCUT2D eigenvalue weighted by molar-refractivity contribution is -0.142. The number of hydrogen-bond acceptors (Lipinski definition) is 6. The lowest BCUT2D eigenvalue weighted by Gasteiger charge is -2.27. The van der Waals surface area contributed by atoms with Crippen LogP contribution < -0.4 is 0 Å². The van der Waals surface area contributed by atoms with E-state index in [0.29, 0.717) is 19.5 Å². The molecule has 0 aromatic rings. The Balaban J connectivity index is 0.000000311. The van der Waals surface area contributed by atoms with E-state index in [1.165, 1.54) is 9.80 Å². The fourth-order valence-corrected chi connectivity index (χ4v) is 3.37. The third kappa shape index (κ3) is 9.44. The number of aliphatic carboxylic acids is 2. The fourth-order valence-electron chi connectivity index (χ4n) is 3.37. The van der Waals surface area contributed by atoms with E-state index in [1.54, 1.807) is 41.5 Å². The standard InChI is InChI=1S/C11H19NO4.C10H17NO4/c1-11(2,3)16-10(15)12-6-4-5-8(12)7-9(13)14;1-10(2,3)15-9(14)11-6-4-5-7(11)8(12)13/h8H,4-7H2,1-3H3,(H,13,14);7H,4-6H2,1-3H3,(H,12,13)/t8-;7-/m00/s1. The first-order chi connectivity index (χ1) is 14.1. The van der Waals surface area contributed by atoms with Gasteiger partial charge in [0.05, 0.1) is 6.42 Å². The summed E-state index contributed by atoms with van der Waals surface area (Å²) >= 11 is 0. The summed E-state index contributed by atoms with van der Waals surface area (Å²) in [5.41, 5.74) is -1.11. The summed E-state index contributed by atoms with van der Waals surface area (Å²) in [7, 11) is 0. The van der Waals surface area contributed by atoms with E-state index in [0.717, 1.165) is 19.3 Å². The van der Waals surface area contributed by atoms with Crippen LogP contribution in [0, 0.1) is 0 Å². The van der Waals surface area contributed by atoms with Crippen LogP contribution in [0.15, 0.2) is 0 Å². The largest absolute Gasteiger partial charge is 0.481 e. The Labute approximate surface area is 183 Å². The van der Waals surface area contributed by atoms with Crippen LogP contribution in [0.3, 0.4) is 0 Å². The van der Waals surface area contributed by atoms with E-state index < -0.39 is 41.4 Å². The summed E-state index contributed by atoms with van der Waals surface area (Å²) in [6.45, 7) is 11.7. The van der Waals surface area contributed by atoms with Gasteiger partial charge in [-0.05, 0) is 67.2 Å². The van der Waals surface area contributed by atoms with Gasteiger partial charge < -0.3 is 24.6 Å². The quantitative estimate of drug-likeness (QED) is 0.677. The first-order valence-corrected chi connectivity index (χ1v) is 10.5. The summed E-state index contributed by atoms with van der Waals surface area (Å²) in [6.07, 6.45) is 1.87. The van der Waals surface area contributed by atoms with Crippen molar-refractivity contribution in [2.45, 2.75) is 96.9 Å². The van der Waals surface area contributed by atoms with Crippen LogP contribution in [0.25, 0.3) is 0 Å². The van der Waals surface area contributed by atoms with Gasteiger partial charge in [0.25, 0.3) is 0 Å². The SMILES string of the molecule is CC(C)(C)OC(=O)N1CCC[C@H]1C(=O)O.CC(C)(C)OC(=O)N1CCC[C@H]1CC(=O)O. The molecule has 0 spiro atoms. The summed E-state index contributed by atoms with van der Waals surface area (Å²) in [4.78, 5) is 47.7. The topological polar surface area (TPSA) is 134 Å². The zero-order valence-corrected chi connectivity index (χ0v) is 19.3. The highest BCUT2D eigenvalue weighted by molar-refractivity contribution is 5.80. The number of rotatable bonds is 3. The van der Waals surface area contributed by atoms with Gasteiger partial charge in [0.1, 0.15) is 17.2 Å². The fraction of sp³-hybridized carbons (Fsp3) is 0.810. The van der Waals surface area contributed by atoms with Gasteiger partial charge >= 0.3 is 24.1 Å². The zero-order chi connectivity index (χ0) is 24.0. The summed E-state index contributed by atoms with van der Waals surface area (Å²) in [6, 6.07) is -0.938. The van der Waals surface area contributed by atoms with Gasteiger partial charge in [-0.3, -0.25) is 9.69 Å². The van der Waals surface area contributed by atoms with Crippen LogP contribution in [0.2, 0.25) is 0 Å². The third-order valence-electron chi connectivity index (χ3n) is 4.58. The van der Waals surface area contributed by atoms with Crippen molar-refractivity contribution in [2.75, 3.05) is 13.1 Å². The van der Waals surface area contributed by atoms with Crippen LogP contribution in [0.1, 0.15) is 73.6 Å². The van der Waals surface area contributed by atoms with E-state index in [1.807, 2.05) is 0 Å². The average Bonchev–Trinajstić information content (AvgIpc) is 3.20. The van der Waals surface area contributed by atoms with E-state index >= 15 is 0 Å². The van der Waals surface area contributed by atoms with Gasteiger partial charge in [-0.2, -0.15) is 0 Å². The Morgan fingerprint density at radius 3 is 1.71 bits per heavy atom. The molecule has 0 radical (unpaired) electrons. The van der Waals surface area contributed by atoms with Crippen molar-refractivity contribution in [3.8, 4) is 0 Å². The monoisotopic (exact) mass is 444 g/mol. The first kappa shape index (κ1) is 26.5. The Morgan fingerprint density at radius 2 is 1.26 bits per heavy atom. The maximum absolute atomic E-state index is 11.8. The Morgan fingerprint density at radius 1 is 0.806 bits per heavy atom. The normalized spacial score (nSPS) is 21.2. The molecule has 2 atom stereocenters. The van der Waals surface area contributed by atoms with E-state index in [-0.39, 0.29) is 12.5 Å². The molecule has 2 fully saturated rings. The van der Waals surface area contributed by atoms with Crippen LogP contribution in [-0.2, 0) is 19.1 Å². The second-order valence-corrected chi connectivity index (χ2v) is 9.74. The van der Waals surface area contributed by atoms with Crippen molar-refractivity contribution in [1.29, 1.82) is 0 Å². The summed E-state index contributed by atoms with van der Waals surface area (Å²) in [5, 5.41) is 17.6. The van der Waals surface area contributed by atoms with Crippen molar-refractivity contribution in [1.82, 2.24) is 9.80 Å². The van der Waals surface area contributed by atoms with Gasteiger partial charge in [0.15, 0.2) is 0 Å². The number of likely N-dealkylation sites (tertiary alicyclic amines) is 2. The molecule has 0 saturated carbocycles. The van der Waals surface area contributed by atoms with Crippen molar-refractivity contribution in [3.05, 3.63) is 0 Å². The minimum absolute atomic E-state index is 0.000751. The predicted molar refractivity (Wildman–Crippen MR) is 112 cm³/mol. The molecule has 0 aromatic heterocycles. The number of carboxylic acid groups (broad SMARTS) is 2. The first-order valence-electron chi connectivity index (χ1n) is 10.5.